The average molecular weight is 413 g/mol. The van der Waals surface area contributed by atoms with E-state index in [1.54, 1.807) is 30.3 Å². The molecular formula is C23H19N5O3. The zero-order valence-electron chi connectivity index (χ0n) is 16.8. The third kappa shape index (κ3) is 2.72. The molecule has 0 spiro atoms. The number of carbonyl (C=O) groups excluding carboxylic acids is 1. The zero-order chi connectivity index (χ0) is 20.9. The molecule has 5 heterocycles. The van der Waals surface area contributed by atoms with Gasteiger partial charge in [-0.1, -0.05) is 18.2 Å². The van der Waals surface area contributed by atoms with Crippen molar-refractivity contribution in [1.29, 1.82) is 0 Å². The number of nitrogens with zero attached hydrogens (tertiary/aromatic N) is 4. The number of hydrogen-bond acceptors (Lipinski definition) is 5. The second kappa shape index (κ2) is 6.73. The Kier molecular flexibility index (Phi) is 3.86. The van der Waals surface area contributed by atoms with Crippen LogP contribution in [0.15, 0.2) is 65.6 Å². The minimum absolute atomic E-state index is 0.112. The van der Waals surface area contributed by atoms with Crippen molar-refractivity contribution in [2.75, 3.05) is 13.7 Å². The van der Waals surface area contributed by atoms with E-state index in [1.165, 1.54) is 0 Å². The van der Waals surface area contributed by atoms with Gasteiger partial charge < -0.3 is 19.0 Å². The summed E-state index contributed by atoms with van der Waals surface area (Å²) >= 11 is 0. The summed E-state index contributed by atoms with van der Waals surface area (Å²) in [5.74, 6) is 1.26. The molecule has 1 aliphatic heterocycles. The predicted octanol–water partition coefficient (Wildman–Crippen LogP) is 3.60. The van der Waals surface area contributed by atoms with Gasteiger partial charge in [0.1, 0.15) is 23.1 Å². The maximum Gasteiger partial charge on any atom is 0.258 e. The normalized spacial score (nSPS) is 16.0. The quantitative estimate of drug-likeness (QED) is 0.488. The van der Waals surface area contributed by atoms with E-state index >= 15 is 0 Å². The maximum atomic E-state index is 13.7. The van der Waals surface area contributed by atoms with Crippen molar-refractivity contribution in [2.45, 2.75) is 12.5 Å². The van der Waals surface area contributed by atoms with Crippen LogP contribution in [0.1, 0.15) is 33.5 Å². The van der Waals surface area contributed by atoms with E-state index in [4.69, 9.17) is 9.15 Å². The summed E-state index contributed by atoms with van der Waals surface area (Å²) in [4.78, 5) is 23.3. The molecule has 8 heteroatoms. The number of aromatic amines is 1. The number of hydrogen-bond donors (Lipinski definition) is 1. The Hall–Kier alpha value is -4.07. The number of imidazole rings is 1. The topological polar surface area (TPSA) is 88.7 Å². The number of para-hydroxylation sites is 1. The Morgan fingerprint density at radius 3 is 3.03 bits per heavy atom. The summed E-state index contributed by atoms with van der Waals surface area (Å²) in [6.07, 6.45) is 5.73. The number of pyridine rings is 1. The molecule has 6 rings (SSSR count). The van der Waals surface area contributed by atoms with Crippen LogP contribution in [0, 0.1) is 0 Å². The summed E-state index contributed by atoms with van der Waals surface area (Å²) in [6, 6.07) is 13.1. The largest absolute Gasteiger partial charge is 0.495 e. The van der Waals surface area contributed by atoms with Crippen molar-refractivity contribution in [3.63, 3.8) is 0 Å². The van der Waals surface area contributed by atoms with Crippen LogP contribution in [0.3, 0.4) is 0 Å². The second-order valence-electron chi connectivity index (χ2n) is 7.56. The van der Waals surface area contributed by atoms with Gasteiger partial charge in [-0.2, -0.15) is 5.10 Å². The van der Waals surface area contributed by atoms with E-state index in [2.05, 4.69) is 15.1 Å². The Bertz CT molecular complexity index is 1400. The van der Waals surface area contributed by atoms with Gasteiger partial charge in [-0.15, -0.1) is 0 Å². The van der Waals surface area contributed by atoms with E-state index in [0.29, 0.717) is 30.0 Å². The number of benzene rings is 1. The van der Waals surface area contributed by atoms with Crippen LogP contribution < -0.4 is 4.74 Å². The minimum Gasteiger partial charge on any atom is -0.495 e. The van der Waals surface area contributed by atoms with Gasteiger partial charge in [-0.05, 0) is 24.3 Å². The van der Waals surface area contributed by atoms with Crippen LogP contribution in [0.2, 0.25) is 0 Å². The molecule has 154 valence electrons. The molecule has 4 aromatic heterocycles. The molecule has 0 unspecified atom stereocenters. The van der Waals surface area contributed by atoms with Crippen molar-refractivity contribution in [2.24, 2.45) is 0 Å². The van der Waals surface area contributed by atoms with Crippen LogP contribution in [0.25, 0.3) is 16.5 Å². The van der Waals surface area contributed by atoms with Gasteiger partial charge in [0.05, 0.1) is 42.6 Å². The molecule has 0 bridgehead atoms. The Morgan fingerprint density at radius 2 is 2.16 bits per heavy atom. The maximum absolute atomic E-state index is 13.7. The number of ether oxygens (including phenoxy) is 1. The monoisotopic (exact) mass is 413 g/mol. The van der Waals surface area contributed by atoms with E-state index in [-0.39, 0.29) is 5.91 Å². The molecule has 5 aromatic rings. The fourth-order valence-electron chi connectivity index (χ4n) is 4.33. The molecule has 8 nitrogen and oxygen atoms in total. The van der Waals surface area contributed by atoms with Crippen LogP contribution in [0.5, 0.6) is 5.75 Å². The molecule has 0 radical (unpaired) electrons. The molecule has 0 fully saturated rings. The summed E-state index contributed by atoms with van der Waals surface area (Å²) in [7, 11) is 1.60. The molecule has 1 N–H and O–H groups in total. The molecule has 1 atom stereocenters. The number of amides is 1. The third-order valence-electron chi connectivity index (χ3n) is 5.86. The van der Waals surface area contributed by atoms with Gasteiger partial charge in [0.25, 0.3) is 5.91 Å². The summed E-state index contributed by atoms with van der Waals surface area (Å²) in [5.41, 5.74) is 3.89. The first-order chi connectivity index (χ1) is 15.2. The van der Waals surface area contributed by atoms with Crippen LogP contribution in [-0.4, -0.2) is 44.0 Å². The van der Waals surface area contributed by atoms with Gasteiger partial charge in [0.15, 0.2) is 0 Å². The van der Waals surface area contributed by atoms with E-state index in [1.807, 2.05) is 47.4 Å². The lowest BCUT2D eigenvalue weighted by atomic mass is 9.99. The van der Waals surface area contributed by atoms with Crippen molar-refractivity contribution in [3.05, 3.63) is 83.9 Å². The lowest BCUT2D eigenvalue weighted by Gasteiger charge is -2.33. The number of aromatic nitrogens is 4. The minimum atomic E-state index is -0.414. The summed E-state index contributed by atoms with van der Waals surface area (Å²) < 4.78 is 13.1. The number of carbonyl (C=O) groups is 1. The first kappa shape index (κ1) is 17.8. The molecule has 1 amide bonds. The van der Waals surface area contributed by atoms with Crippen LogP contribution in [-0.2, 0) is 6.42 Å². The molecule has 0 saturated carbocycles. The van der Waals surface area contributed by atoms with E-state index in [0.717, 1.165) is 27.9 Å². The van der Waals surface area contributed by atoms with Gasteiger partial charge >= 0.3 is 0 Å². The summed E-state index contributed by atoms with van der Waals surface area (Å²) in [6.45, 7) is 0.545. The number of nitrogens with one attached hydrogen (secondary N) is 1. The van der Waals surface area contributed by atoms with Crippen molar-refractivity contribution in [1.82, 2.24) is 24.5 Å². The molecule has 31 heavy (non-hydrogen) atoms. The number of rotatable bonds is 3. The lowest BCUT2D eigenvalue weighted by molar-refractivity contribution is 0.0675. The van der Waals surface area contributed by atoms with Gasteiger partial charge in [-0.3, -0.25) is 4.79 Å². The fraction of sp³-hybridized carbons (Fsp3) is 0.174. The highest BCUT2D eigenvalue weighted by Gasteiger charge is 2.37. The third-order valence-corrected chi connectivity index (χ3v) is 5.86. The molecule has 0 saturated heterocycles. The highest BCUT2D eigenvalue weighted by molar-refractivity contribution is 6.01. The summed E-state index contributed by atoms with van der Waals surface area (Å²) in [5, 5.41) is 5.35. The van der Waals surface area contributed by atoms with Crippen molar-refractivity contribution in [3.8, 4) is 5.75 Å². The first-order valence-corrected chi connectivity index (χ1v) is 10.1. The number of methoxy groups -OCH3 is 1. The highest BCUT2D eigenvalue weighted by Crippen LogP contribution is 2.37. The fourth-order valence-corrected chi connectivity index (χ4v) is 4.33. The Morgan fingerprint density at radius 1 is 1.26 bits per heavy atom. The van der Waals surface area contributed by atoms with Crippen LogP contribution >= 0.6 is 0 Å². The van der Waals surface area contributed by atoms with Gasteiger partial charge in [-0.25, -0.2) is 9.50 Å². The molecule has 1 aromatic carbocycles. The van der Waals surface area contributed by atoms with E-state index < -0.39 is 6.04 Å². The molecule has 0 aliphatic carbocycles. The van der Waals surface area contributed by atoms with Gasteiger partial charge in [0.2, 0.25) is 0 Å². The Balaban J connectivity index is 1.46. The molecule has 1 aliphatic rings. The lowest BCUT2D eigenvalue weighted by Crippen LogP contribution is -2.40. The number of fused-ring (bicyclic) bond motifs is 3. The van der Waals surface area contributed by atoms with Gasteiger partial charge in [0, 0.05) is 24.0 Å². The SMILES string of the molecule is COc1ccc2c(C(=O)N3CCc4[nH]cnc4[C@H]3c3cc4ccccc4o3)cnn2c1. The molecular weight excluding hydrogens is 394 g/mol. The standard InChI is InChI=1S/C23H19N5O3/c1-30-15-6-7-18-16(11-26-28(18)12-15)23(29)27-9-8-17-21(25-13-24-17)22(27)20-10-14-4-2-3-5-19(14)31-20/h2-7,10-13,22H,8-9H2,1H3,(H,24,25)/t22-/m1/s1. The zero-order valence-corrected chi connectivity index (χ0v) is 16.8. The van der Waals surface area contributed by atoms with Crippen LogP contribution in [0.4, 0.5) is 0 Å². The first-order valence-electron chi connectivity index (χ1n) is 10.1. The smallest absolute Gasteiger partial charge is 0.258 e. The van der Waals surface area contributed by atoms with Crippen molar-refractivity contribution < 1.29 is 13.9 Å². The predicted molar refractivity (Wildman–Crippen MR) is 113 cm³/mol. The number of furan rings is 1. The second-order valence-corrected chi connectivity index (χ2v) is 7.56. The Labute approximate surface area is 177 Å². The average Bonchev–Trinajstić information content (AvgIpc) is 3.54. The van der Waals surface area contributed by atoms with E-state index in [9.17, 15) is 4.79 Å². The number of H-pyrrole nitrogens is 1. The van der Waals surface area contributed by atoms with Crippen molar-refractivity contribution >= 4 is 22.4 Å². The highest BCUT2D eigenvalue weighted by atomic mass is 16.5.